The highest BCUT2D eigenvalue weighted by atomic mass is 35.5. The van der Waals surface area contributed by atoms with Gasteiger partial charge in [-0.1, -0.05) is 54.1 Å². The van der Waals surface area contributed by atoms with Crippen molar-refractivity contribution in [2.24, 2.45) is 0 Å². The first-order valence-corrected chi connectivity index (χ1v) is 12.5. The molecule has 0 bridgehead atoms. The van der Waals surface area contributed by atoms with Crippen molar-refractivity contribution < 1.29 is 20.1 Å². The van der Waals surface area contributed by atoms with Gasteiger partial charge in [-0.25, -0.2) is 0 Å². The SMILES string of the molecule is CC(C)(Cc1cccc(CC(=O)NCCc2ccc(Cl)cc2)c1)NC[C@H](O)c1ccc(O)c(CO)c1. The van der Waals surface area contributed by atoms with E-state index in [1.807, 2.05) is 48.5 Å². The smallest absolute Gasteiger partial charge is 0.224 e. The van der Waals surface area contributed by atoms with E-state index in [9.17, 15) is 20.1 Å². The average molecular weight is 511 g/mol. The Morgan fingerprint density at radius 3 is 2.44 bits per heavy atom. The van der Waals surface area contributed by atoms with E-state index in [-0.39, 0.29) is 23.8 Å². The largest absolute Gasteiger partial charge is 0.508 e. The van der Waals surface area contributed by atoms with Crippen LogP contribution in [0.25, 0.3) is 0 Å². The summed E-state index contributed by atoms with van der Waals surface area (Å²) < 4.78 is 0. The number of carbonyl (C=O) groups excluding carboxylic acids is 1. The van der Waals surface area contributed by atoms with Gasteiger partial charge in [0.1, 0.15) is 5.75 Å². The molecule has 6 nitrogen and oxygen atoms in total. The van der Waals surface area contributed by atoms with E-state index >= 15 is 0 Å². The maximum Gasteiger partial charge on any atom is 0.224 e. The molecule has 0 aliphatic carbocycles. The Morgan fingerprint density at radius 1 is 1.00 bits per heavy atom. The topological polar surface area (TPSA) is 102 Å². The first-order chi connectivity index (χ1) is 17.1. The van der Waals surface area contributed by atoms with Crippen molar-refractivity contribution in [3.8, 4) is 5.75 Å². The summed E-state index contributed by atoms with van der Waals surface area (Å²) >= 11 is 5.91. The van der Waals surface area contributed by atoms with Gasteiger partial charge in [0.25, 0.3) is 0 Å². The van der Waals surface area contributed by atoms with Crippen molar-refractivity contribution in [2.75, 3.05) is 13.1 Å². The van der Waals surface area contributed by atoms with Crippen LogP contribution in [0, 0.1) is 0 Å². The number of β-amino-alcohol motifs (C(OH)–C–C–N with tert-alkyl or cyclic N) is 1. The summed E-state index contributed by atoms with van der Waals surface area (Å²) in [6, 6.07) is 20.4. The number of hydrogen-bond acceptors (Lipinski definition) is 5. The van der Waals surface area contributed by atoms with Gasteiger partial charge in [-0.05, 0) is 73.2 Å². The zero-order valence-electron chi connectivity index (χ0n) is 20.8. The number of amides is 1. The van der Waals surface area contributed by atoms with E-state index in [0.29, 0.717) is 42.1 Å². The highest BCUT2D eigenvalue weighted by Gasteiger charge is 2.20. The van der Waals surface area contributed by atoms with Crippen LogP contribution in [0.1, 0.15) is 47.8 Å². The fourth-order valence-corrected chi connectivity index (χ4v) is 4.22. The second kappa shape index (κ2) is 12.9. The number of benzene rings is 3. The molecule has 1 amide bonds. The number of halogens is 1. The number of rotatable bonds is 12. The molecule has 0 fully saturated rings. The van der Waals surface area contributed by atoms with E-state index in [1.54, 1.807) is 12.1 Å². The lowest BCUT2D eigenvalue weighted by molar-refractivity contribution is -0.120. The number of hydrogen-bond donors (Lipinski definition) is 5. The van der Waals surface area contributed by atoms with E-state index in [0.717, 1.165) is 23.1 Å². The minimum absolute atomic E-state index is 0.0110. The van der Waals surface area contributed by atoms with Crippen molar-refractivity contribution in [1.82, 2.24) is 10.6 Å². The lowest BCUT2D eigenvalue weighted by Crippen LogP contribution is -2.43. The predicted octanol–water partition coefficient (Wildman–Crippen LogP) is 4.08. The lowest BCUT2D eigenvalue weighted by Gasteiger charge is -2.28. The summed E-state index contributed by atoms with van der Waals surface area (Å²) in [6.07, 6.45) is 0.997. The van der Waals surface area contributed by atoms with Gasteiger partial charge in [-0.3, -0.25) is 4.79 Å². The number of phenols is 1. The minimum Gasteiger partial charge on any atom is -0.508 e. The summed E-state index contributed by atoms with van der Waals surface area (Å²) in [6.45, 7) is 4.72. The third-order valence-corrected chi connectivity index (χ3v) is 6.34. The molecular formula is C29H35ClN2O4. The molecule has 7 heteroatoms. The first kappa shape index (κ1) is 27.7. The van der Waals surface area contributed by atoms with Crippen molar-refractivity contribution in [2.45, 2.75) is 51.4 Å². The van der Waals surface area contributed by atoms with Crippen molar-refractivity contribution in [3.63, 3.8) is 0 Å². The fourth-order valence-electron chi connectivity index (χ4n) is 4.10. The minimum atomic E-state index is -0.780. The quantitative estimate of drug-likeness (QED) is 0.253. The Hall–Kier alpha value is -2.90. The number of nitrogens with one attached hydrogen (secondary N) is 2. The summed E-state index contributed by atoms with van der Waals surface area (Å²) in [4.78, 5) is 12.4. The van der Waals surface area contributed by atoms with Gasteiger partial charge in [-0.15, -0.1) is 0 Å². The molecule has 0 aromatic heterocycles. The lowest BCUT2D eigenvalue weighted by atomic mass is 9.93. The van der Waals surface area contributed by atoms with E-state index in [2.05, 4.69) is 24.5 Å². The van der Waals surface area contributed by atoms with Crippen LogP contribution in [-0.4, -0.2) is 39.9 Å². The van der Waals surface area contributed by atoms with Gasteiger partial charge < -0.3 is 26.0 Å². The Kier molecular flexibility index (Phi) is 9.90. The molecule has 0 heterocycles. The van der Waals surface area contributed by atoms with Gasteiger partial charge >= 0.3 is 0 Å². The monoisotopic (exact) mass is 510 g/mol. The molecule has 0 spiro atoms. The molecule has 192 valence electrons. The molecule has 0 saturated heterocycles. The average Bonchev–Trinajstić information content (AvgIpc) is 2.84. The second-order valence-electron chi connectivity index (χ2n) is 9.73. The number of carbonyl (C=O) groups is 1. The summed E-state index contributed by atoms with van der Waals surface area (Å²) in [5.74, 6) is -0.00498. The summed E-state index contributed by atoms with van der Waals surface area (Å²) in [7, 11) is 0. The van der Waals surface area contributed by atoms with Gasteiger partial charge in [-0.2, -0.15) is 0 Å². The molecule has 3 aromatic carbocycles. The Balaban J connectivity index is 1.49. The highest BCUT2D eigenvalue weighted by molar-refractivity contribution is 6.30. The summed E-state index contributed by atoms with van der Waals surface area (Å²) in [5.41, 5.74) is 3.88. The number of aliphatic hydroxyl groups is 2. The van der Waals surface area contributed by atoms with E-state index < -0.39 is 6.10 Å². The van der Waals surface area contributed by atoms with Crippen LogP contribution < -0.4 is 10.6 Å². The summed E-state index contributed by atoms with van der Waals surface area (Å²) in [5, 5.41) is 36.7. The standard InChI is InChI=1S/C29H35ClN2O4/c1-29(2,32-18-27(35)23-8-11-26(34)24(16-23)19-33)17-22-5-3-4-21(14-22)15-28(36)31-13-12-20-6-9-25(30)10-7-20/h3-11,14,16,27,32-35H,12-13,15,17-19H2,1-2H3,(H,31,36)/t27-/m0/s1. The Labute approximate surface area is 218 Å². The fraction of sp³-hybridized carbons (Fsp3) is 0.345. The molecule has 0 radical (unpaired) electrons. The Morgan fingerprint density at radius 2 is 1.72 bits per heavy atom. The van der Waals surface area contributed by atoms with Crippen LogP contribution in [0.3, 0.4) is 0 Å². The zero-order valence-corrected chi connectivity index (χ0v) is 21.6. The maximum atomic E-state index is 12.4. The van der Waals surface area contributed by atoms with Gasteiger partial charge in [0.2, 0.25) is 5.91 Å². The first-order valence-electron chi connectivity index (χ1n) is 12.1. The highest BCUT2D eigenvalue weighted by Crippen LogP contribution is 2.23. The molecular weight excluding hydrogens is 476 g/mol. The molecule has 36 heavy (non-hydrogen) atoms. The molecule has 0 saturated carbocycles. The van der Waals surface area contributed by atoms with E-state index in [4.69, 9.17) is 11.6 Å². The third kappa shape index (κ3) is 8.64. The molecule has 0 aliphatic heterocycles. The molecule has 3 aromatic rings. The molecule has 0 unspecified atom stereocenters. The Bertz CT molecular complexity index is 1150. The predicted molar refractivity (Wildman–Crippen MR) is 143 cm³/mol. The van der Waals surface area contributed by atoms with Crippen molar-refractivity contribution >= 4 is 17.5 Å². The second-order valence-corrected chi connectivity index (χ2v) is 10.2. The molecule has 1 atom stereocenters. The number of aliphatic hydroxyl groups excluding tert-OH is 2. The molecule has 5 N–H and O–H groups in total. The zero-order chi connectivity index (χ0) is 26.1. The van der Waals surface area contributed by atoms with Crippen molar-refractivity contribution in [1.29, 1.82) is 0 Å². The van der Waals surface area contributed by atoms with Crippen LogP contribution in [0.2, 0.25) is 5.02 Å². The van der Waals surface area contributed by atoms with Gasteiger partial charge in [0.05, 0.1) is 19.1 Å². The molecule has 3 rings (SSSR count). The van der Waals surface area contributed by atoms with Crippen LogP contribution in [-0.2, 0) is 30.7 Å². The molecule has 0 aliphatic rings. The maximum absolute atomic E-state index is 12.4. The third-order valence-electron chi connectivity index (χ3n) is 6.08. The van der Waals surface area contributed by atoms with Crippen LogP contribution in [0.4, 0.5) is 0 Å². The van der Waals surface area contributed by atoms with E-state index in [1.165, 1.54) is 6.07 Å². The van der Waals surface area contributed by atoms with Crippen LogP contribution in [0.5, 0.6) is 5.75 Å². The normalized spacial score (nSPS) is 12.4. The van der Waals surface area contributed by atoms with Gasteiger partial charge in [0.15, 0.2) is 0 Å². The van der Waals surface area contributed by atoms with Crippen LogP contribution >= 0.6 is 11.6 Å². The van der Waals surface area contributed by atoms with Crippen molar-refractivity contribution in [3.05, 3.63) is 99.6 Å². The number of aromatic hydroxyl groups is 1. The van der Waals surface area contributed by atoms with Gasteiger partial charge in [0, 0.05) is 29.2 Å². The van der Waals surface area contributed by atoms with Crippen LogP contribution in [0.15, 0.2) is 66.7 Å².